The van der Waals surface area contributed by atoms with Crippen LogP contribution in [0.1, 0.15) is 17.7 Å². The Morgan fingerprint density at radius 1 is 1.35 bits per heavy atom. The lowest BCUT2D eigenvalue weighted by Crippen LogP contribution is -2.38. The van der Waals surface area contributed by atoms with Gasteiger partial charge in [0.15, 0.2) is 0 Å². The van der Waals surface area contributed by atoms with Gasteiger partial charge in [-0.05, 0) is 49.2 Å². The van der Waals surface area contributed by atoms with Crippen molar-refractivity contribution < 1.29 is 4.74 Å². The second-order valence-corrected chi connectivity index (χ2v) is 6.96. The molecule has 1 saturated heterocycles. The first kappa shape index (κ1) is 16.8. The zero-order chi connectivity index (χ0) is 18.1. The average molecular weight is 349 g/mol. The molecule has 4 rings (SSSR count). The van der Waals surface area contributed by atoms with Gasteiger partial charge in [-0.25, -0.2) is 9.99 Å². The summed E-state index contributed by atoms with van der Waals surface area (Å²) in [5, 5.41) is 17.0. The van der Waals surface area contributed by atoms with Gasteiger partial charge in [-0.1, -0.05) is 12.1 Å². The number of hydrogen-bond donors (Lipinski definition) is 1. The number of nitrogens with zero attached hydrogens (tertiary/aromatic N) is 4. The van der Waals surface area contributed by atoms with Crippen molar-refractivity contribution in [1.29, 1.82) is 5.26 Å². The SMILES string of the molecule is COc1nc2c(cc1-c1ccc(C#N)cc1)N(C[C@H]1CCNC1)N(C)C2. The van der Waals surface area contributed by atoms with Crippen molar-refractivity contribution in [2.75, 3.05) is 38.8 Å². The minimum Gasteiger partial charge on any atom is -0.481 e. The first-order valence-electron chi connectivity index (χ1n) is 8.97. The number of nitrogens with one attached hydrogen (secondary N) is 1. The molecule has 1 N–H and O–H groups in total. The molecule has 1 aromatic heterocycles. The summed E-state index contributed by atoms with van der Waals surface area (Å²) in [5.41, 5.74) is 4.82. The highest BCUT2D eigenvalue weighted by atomic mass is 16.5. The van der Waals surface area contributed by atoms with Crippen molar-refractivity contribution in [3.8, 4) is 23.1 Å². The standard InChI is InChI=1S/C20H23N5O/c1-24-13-18-19(25(24)12-15-7-8-22-11-15)9-17(20(23-18)26-2)16-5-3-14(10-21)4-6-16/h3-6,9,15,22H,7-8,11-13H2,1-2H3/t15-/m0/s1. The van der Waals surface area contributed by atoms with Crippen LogP contribution in [0.15, 0.2) is 30.3 Å². The quantitative estimate of drug-likeness (QED) is 0.914. The second-order valence-electron chi connectivity index (χ2n) is 6.96. The van der Waals surface area contributed by atoms with Crippen LogP contribution in [0.3, 0.4) is 0 Å². The maximum absolute atomic E-state index is 9.02. The fourth-order valence-electron chi connectivity index (χ4n) is 3.79. The van der Waals surface area contributed by atoms with Crippen molar-refractivity contribution in [1.82, 2.24) is 15.3 Å². The summed E-state index contributed by atoms with van der Waals surface area (Å²) < 4.78 is 5.56. The molecule has 1 fully saturated rings. The molecule has 3 heterocycles. The number of methoxy groups -OCH3 is 1. The normalized spacial score (nSPS) is 19.4. The zero-order valence-electron chi connectivity index (χ0n) is 15.2. The monoisotopic (exact) mass is 349 g/mol. The molecule has 6 nitrogen and oxygen atoms in total. The molecule has 2 aliphatic rings. The Bertz CT molecular complexity index is 837. The Hall–Kier alpha value is -2.62. The number of pyridine rings is 1. The summed E-state index contributed by atoms with van der Waals surface area (Å²) in [6.07, 6.45) is 1.21. The lowest BCUT2D eigenvalue weighted by molar-refractivity contribution is 0.302. The van der Waals surface area contributed by atoms with Gasteiger partial charge in [-0.2, -0.15) is 5.26 Å². The van der Waals surface area contributed by atoms with E-state index in [9.17, 15) is 0 Å². The van der Waals surface area contributed by atoms with Gasteiger partial charge in [0.25, 0.3) is 0 Å². The molecular weight excluding hydrogens is 326 g/mol. The number of hydrogen-bond acceptors (Lipinski definition) is 6. The molecule has 0 saturated carbocycles. The molecule has 0 unspecified atom stereocenters. The Balaban J connectivity index is 1.71. The number of nitriles is 1. The molecule has 0 aliphatic carbocycles. The van der Waals surface area contributed by atoms with E-state index in [1.807, 2.05) is 24.3 Å². The lowest BCUT2D eigenvalue weighted by atomic mass is 10.0. The highest BCUT2D eigenvalue weighted by Crippen LogP contribution is 2.38. The molecule has 2 aromatic rings. The smallest absolute Gasteiger partial charge is 0.221 e. The molecule has 134 valence electrons. The maximum Gasteiger partial charge on any atom is 0.221 e. The highest BCUT2D eigenvalue weighted by molar-refractivity contribution is 5.75. The van der Waals surface area contributed by atoms with E-state index in [1.165, 1.54) is 6.42 Å². The van der Waals surface area contributed by atoms with Crippen LogP contribution in [0.25, 0.3) is 11.1 Å². The molecular formula is C20H23N5O. The Kier molecular flexibility index (Phi) is 4.49. The Labute approximate surface area is 154 Å². The van der Waals surface area contributed by atoms with E-state index < -0.39 is 0 Å². The molecule has 1 aromatic carbocycles. The number of rotatable bonds is 4. The van der Waals surface area contributed by atoms with E-state index in [1.54, 1.807) is 7.11 Å². The Morgan fingerprint density at radius 3 is 2.81 bits per heavy atom. The number of hydrazine groups is 1. The largest absolute Gasteiger partial charge is 0.481 e. The van der Waals surface area contributed by atoms with Crippen LogP contribution in [0.4, 0.5) is 5.69 Å². The van der Waals surface area contributed by atoms with Crippen LogP contribution < -0.4 is 15.1 Å². The molecule has 26 heavy (non-hydrogen) atoms. The summed E-state index contributed by atoms with van der Waals surface area (Å²) >= 11 is 0. The number of anilines is 1. The topological polar surface area (TPSA) is 64.4 Å². The van der Waals surface area contributed by atoms with Crippen LogP contribution >= 0.6 is 0 Å². The van der Waals surface area contributed by atoms with Crippen molar-refractivity contribution in [2.45, 2.75) is 13.0 Å². The van der Waals surface area contributed by atoms with Crippen LogP contribution in [-0.2, 0) is 6.54 Å². The van der Waals surface area contributed by atoms with E-state index in [0.717, 1.165) is 48.7 Å². The lowest BCUT2D eigenvalue weighted by Gasteiger charge is -2.29. The molecule has 2 aliphatic heterocycles. The molecule has 0 bridgehead atoms. The molecule has 0 radical (unpaired) electrons. The third-order valence-electron chi connectivity index (χ3n) is 5.22. The number of aromatic nitrogens is 1. The first-order valence-corrected chi connectivity index (χ1v) is 8.97. The van der Waals surface area contributed by atoms with E-state index in [-0.39, 0.29) is 0 Å². The van der Waals surface area contributed by atoms with Gasteiger partial charge < -0.3 is 15.1 Å². The van der Waals surface area contributed by atoms with Crippen LogP contribution in [0, 0.1) is 17.2 Å². The van der Waals surface area contributed by atoms with Gasteiger partial charge in [0.05, 0.1) is 36.7 Å². The minimum atomic E-state index is 0.631. The summed E-state index contributed by atoms with van der Waals surface area (Å²) in [6.45, 7) is 3.97. The third-order valence-corrected chi connectivity index (χ3v) is 5.22. The zero-order valence-corrected chi connectivity index (χ0v) is 15.2. The summed E-state index contributed by atoms with van der Waals surface area (Å²) in [4.78, 5) is 4.78. The fraction of sp³-hybridized carbons (Fsp3) is 0.400. The fourth-order valence-corrected chi connectivity index (χ4v) is 3.79. The number of benzene rings is 1. The second kappa shape index (κ2) is 6.94. The summed E-state index contributed by atoms with van der Waals surface area (Å²) in [5.74, 6) is 1.29. The summed E-state index contributed by atoms with van der Waals surface area (Å²) in [7, 11) is 3.76. The van der Waals surface area contributed by atoms with Crippen LogP contribution in [-0.4, -0.2) is 43.8 Å². The van der Waals surface area contributed by atoms with Gasteiger partial charge in [-0.3, -0.25) is 0 Å². The van der Waals surface area contributed by atoms with Gasteiger partial charge in [0.2, 0.25) is 5.88 Å². The van der Waals surface area contributed by atoms with Crippen LogP contribution in [0.2, 0.25) is 0 Å². The average Bonchev–Trinajstić information content (AvgIpc) is 3.29. The van der Waals surface area contributed by atoms with Crippen LogP contribution in [0.5, 0.6) is 5.88 Å². The van der Waals surface area contributed by atoms with Gasteiger partial charge >= 0.3 is 0 Å². The van der Waals surface area contributed by atoms with Gasteiger partial charge in [0.1, 0.15) is 0 Å². The van der Waals surface area contributed by atoms with E-state index in [2.05, 4.69) is 34.5 Å². The predicted octanol–water partition coefficient (Wildman–Crippen LogP) is 2.41. The Morgan fingerprint density at radius 2 is 2.15 bits per heavy atom. The van der Waals surface area contributed by atoms with Gasteiger partial charge in [0, 0.05) is 19.2 Å². The third kappa shape index (κ3) is 3.00. The molecule has 1 atom stereocenters. The molecule has 6 heteroatoms. The highest BCUT2D eigenvalue weighted by Gasteiger charge is 2.30. The van der Waals surface area contributed by atoms with Crippen molar-refractivity contribution in [3.63, 3.8) is 0 Å². The van der Waals surface area contributed by atoms with E-state index >= 15 is 0 Å². The molecule has 0 spiro atoms. The maximum atomic E-state index is 9.02. The minimum absolute atomic E-state index is 0.631. The van der Waals surface area contributed by atoms with E-state index in [4.69, 9.17) is 15.0 Å². The van der Waals surface area contributed by atoms with Gasteiger partial charge in [-0.15, -0.1) is 0 Å². The first-order chi connectivity index (χ1) is 12.7. The summed E-state index contributed by atoms with van der Waals surface area (Å²) in [6, 6.07) is 11.9. The van der Waals surface area contributed by atoms with Crippen molar-refractivity contribution in [3.05, 3.63) is 41.6 Å². The predicted molar refractivity (Wildman–Crippen MR) is 101 cm³/mol. The van der Waals surface area contributed by atoms with E-state index in [0.29, 0.717) is 17.4 Å². The number of fused-ring (bicyclic) bond motifs is 1. The molecule has 0 amide bonds. The van der Waals surface area contributed by atoms with Crippen molar-refractivity contribution in [2.24, 2.45) is 5.92 Å². The van der Waals surface area contributed by atoms with Crippen molar-refractivity contribution >= 4 is 5.69 Å². The number of ether oxygens (including phenoxy) is 1.